The van der Waals surface area contributed by atoms with E-state index in [2.05, 4.69) is 44.8 Å². The van der Waals surface area contributed by atoms with E-state index in [-0.39, 0.29) is 0 Å². The molecule has 0 saturated carbocycles. The number of nitrogens with zero attached hydrogens (tertiary/aromatic N) is 2. The van der Waals surface area contributed by atoms with Crippen LogP contribution in [0.25, 0.3) is 11.4 Å². The Labute approximate surface area is 126 Å². The molecule has 0 aliphatic carbocycles. The summed E-state index contributed by atoms with van der Waals surface area (Å²) in [7, 11) is 1.67. The second-order valence-corrected chi connectivity index (χ2v) is 5.27. The Kier molecular flexibility index (Phi) is 4.57. The van der Waals surface area contributed by atoms with Gasteiger partial charge in [0.25, 0.3) is 0 Å². The predicted octanol–water partition coefficient (Wildman–Crippen LogP) is 3.50. The van der Waals surface area contributed by atoms with Crippen molar-refractivity contribution in [2.45, 2.75) is 13.8 Å². The minimum Gasteiger partial charge on any atom is -0.496 e. The molecule has 0 bridgehead atoms. The molecular formula is C14H16IN3O. The lowest BCUT2D eigenvalue weighted by atomic mass is 10.1. The number of benzene rings is 1. The number of anilines is 1. The van der Waals surface area contributed by atoms with E-state index in [9.17, 15) is 0 Å². The van der Waals surface area contributed by atoms with Crippen molar-refractivity contribution in [1.82, 2.24) is 9.97 Å². The summed E-state index contributed by atoms with van der Waals surface area (Å²) in [6.45, 7) is 4.91. The summed E-state index contributed by atoms with van der Waals surface area (Å²) in [6.07, 6.45) is 1.83. The molecule has 4 nitrogen and oxygen atoms in total. The van der Waals surface area contributed by atoms with Crippen LogP contribution in [0, 0.1) is 10.5 Å². The molecule has 19 heavy (non-hydrogen) atoms. The van der Waals surface area contributed by atoms with Gasteiger partial charge in [-0.3, -0.25) is 0 Å². The summed E-state index contributed by atoms with van der Waals surface area (Å²) >= 11 is 2.23. The van der Waals surface area contributed by atoms with Crippen LogP contribution in [0.5, 0.6) is 5.75 Å². The number of hydrogen-bond acceptors (Lipinski definition) is 4. The SMILES string of the molecule is CCNc1nc(-c2ccc(OC)c(C)c2)ncc1I. The highest BCUT2D eigenvalue weighted by atomic mass is 127. The lowest BCUT2D eigenvalue weighted by Crippen LogP contribution is -2.03. The Morgan fingerprint density at radius 3 is 2.79 bits per heavy atom. The van der Waals surface area contributed by atoms with Gasteiger partial charge in [0.05, 0.1) is 10.7 Å². The molecule has 0 aliphatic heterocycles. The van der Waals surface area contributed by atoms with E-state index in [0.29, 0.717) is 0 Å². The van der Waals surface area contributed by atoms with Crippen LogP contribution >= 0.6 is 22.6 Å². The fraction of sp³-hybridized carbons (Fsp3) is 0.286. The van der Waals surface area contributed by atoms with E-state index in [1.54, 1.807) is 7.11 Å². The molecule has 0 spiro atoms. The summed E-state index contributed by atoms with van der Waals surface area (Å²) in [4.78, 5) is 8.95. The molecule has 1 heterocycles. The standard InChI is InChI=1S/C14H16IN3O/c1-4-16-14-11(15)8-17-13(18-14)10-5-6-12(19-3)9(2)7-10/h5-8H,4H2,1-3H3,(H,16,17,18). The Balaban J connectivity index is 2.41. The number of nitrogens with one attached hydrogen (secondary N) is 1. The van der Waals surface area contributed by atoms with Gasteiger partial charge < -0.3 is 10.1 Å². The second kappa shape index (κ2) is 6.18. The quantitative estimate of drug-likeness (QED) is 0.839. The van der Waals surface area contributed by atoms with Crippen molar-refractivity contribution in [1.29, 1.82) is 0 Å². The maximum absolute atomic E-state index is 5.26. The topological polar surface area (TPSA) is 47.0 Å². The van der Waals surface area contributed by atoms with E-state index in [1.165, 1.54) is 0 Å². The Morgan fingerprint density at radius 1 is 1.37 bits per heavy atom. The van der Waals surface area contributed by atoms with Crippen LogP contribution in [0.15, 0.2) is 24.4 Å². The van der Waals surface area contributed by atoms with Crippen LogP contribution in [-0.4, -0.2) is 23.6 Å². The number of methoxy groups -OCH3 is 1. The van der Waals surface area contributed by atoms with Gasteiger partial charge in [-0.1, -0.05) is 0 Å². The van der Waals surface area contributed by atoms with Gasteiger partial charge in [0, 0.05) is 18.3 Å². The lowest BCUT2D eigenvalue weighted by molar-refractivity contribution is 0.412. The van der Waals surface area contributed by atoms with E-state index in [1.807, 2.05) is 31.3 Å². The van der Waals surface area contributed by atoms with E-state index in [0.717, 1.165) is 38.6 Å². The van der Waals surface area contributed by atoms with Gasteiger partial charge in [-0.25, -0.2) is 9.97 Å². The summed E-state index contributed by atoms with van der Waals surface area (Å²) in [5, 5.41) is 3.24. The van der Waals surface area contributed by atoms with E-state index in [4.69, 9.17) is 4.74 Å². The maximum Gasteiger partial charge on any atom is 0.161 e. The highest BCUT2D eigenvalue weighted by Gasteiger charge is 2.08. The molecular weight excluding hydrogens is 353 g/mol. The summed E-state index contributed by atoms with van der Waals surface area (Å²) < 4.78 is 6.28. The largest absolute Gasteiger partial charge is 0.496 e. The molecule has 0 aliphatic rings. The van der Waals surface area contributed by atoms with Crippen molar-refractivity contribution in [3.05, 3.63) is 33.5 Å². The first-order chi connectivity index (χ1) is 9.15. The molecule has 5 heteroatoms. The number of ether oxygens (including phenoxy) is 1. The van der Waals surface area contributed by atoms with Gasteiger partial charge >= 0.3 is 0 Å². The minimum absolute atomic E-state index is 0.724. The fourth-order valence-corrected chi connectivity index (χ4v) is 2.27. The van der Waals surface area contributed by atoms with Crippen molar-refractivity contribution >= 4 is 28.4 Å². The van der Waals surface area contributed by atoms with Crippen LogP contribution in [0.3, 0.4) is 0 Å². The third-order valence-corrected chi connectivity index (χ3v) is 3.53. The zero-order valence-corrected chi connectivity index (χ0v) is 13.4. The first kappa shape index (κ1) is 14.0. The van der Waals surface area contributed by atoms with Crippen LogP contribution < -0.4 is 10.1 Å². The molecule has 2 aromatic rings. The lowest BCUT2D eigenvalue weighted by Gasteiger charge is -2.09. The smallest absolute Gasteiger partial charge is 0.161 e. The van der Waals surface area contributed by atoms with Crippen molar-refractivity contribution in [3.8, 4) is 17.1 Å². The summed E-state index contributed by atoms with van der Waals surface area (Å²) in [5.74, 6) is 2.48. The Morgan fingerprint density at radius 2 is 2.16 bits per heavy atom. The molecule has 1 aromatic carbocycles. The zero-order chi connectivity index (χ0) is 13.8. The van der Waals surface area contributed by atoms with Gasteiger partial charge in [-0.15, -0.1) is 0 Å². The number of halogens is 1. The molecule has 0 amide bonds. The molecule has 1 N–H and O–H groups in total. The van der Waals surface area contributed by atoms with Crippen LogP contribution in [0.4, 0.5) is 5.82 Å². The average Bonchev–Trinajstić information content (AvgIpc) is 2.41. The van der Waals surface area contributed by atoms with Crippen LogP contribution in [0.1, 0.15) is 12.5 Å². The fourth-order valence-electron chi connectivity index (χ4n) is 1.82. The molecule has 0 saturated heterocycles. The predicted molar refractivity (Wildman–Crippen MR) is 85.6 cm³/mol. The number of hydrogen-bond donors (Lipinski definition) is 1. The van der Waals surface area contributed by atoms with Crippen molar-refractivity contribution < 1.29 is 4.74 Å². The molecule has 0 atom stereocenters. The zero-order valence-electron chi connectivity index (χ0n) is 11.2. The highest BCUT2D eigenvalue weighted by Crippen LogP contribution is 2.25. The third kappa shape index (κ3) is 3.15. The van der Waals surface area contributed by atoms with Crippen molar-refractivity contribution in [3.63, 3.8) is 0 Å². The number of aromatic nitrogens is 2. The first-order valence-electron chi connectivity index (χ1n) is 6.07. The average molecular weight is 369 g/mol. The Bertz CT molecular complexity index is 587. The maximum atomic E-state index is 5.26. The van der Waals surface area contributed by atoms with Gasteiger partial charge in [-0.2, -0.15) is 0 Å². The number of aryl methyl sites for hydroxylation is 1. The van der Waals surface area contributed by atoms with E-state index < -0.39 is 0 Å². The normalized spacial score (nSPS) is 10.3. The highest BCUT2D eigenvalue weighted by molar-refractivity contribution is 14.1. The minimum atomic E-state index is 0.724. The van der Waals surface area contributed by atoms with Crippen LogP contribution in [-0.2, 0) is 0 Å². The second-order valence-electron chi connectivity index (χ2n) is 4.10. The molecule has 0 radical (unpaired) electrons. The first-order valence-corrected chi connectivity index (χ1v) is 7.15. The van der Waals surface area contributed by atoms with Gasteiger partial charge in [0.1, 0.15) is 11.6 Å². The molecule has 1 aromatic heterocycles. The molecule has 2 rings (SSSR count). The molecule has 100 valence electrons. The van der Waals surface area contributed by atoms with Gasteiger partial charge in [-0.05, 0) is 60.2 Å². The molecule has 0 fully saturated rings. The Hall–Kier alpha value is -1.37. The van der Waals surface area contributed by atoms with Gasteiger partial charge in [0.15, 0.2) is 5.82 Å². The van der Waals surface area contributed by atoms with E-state index >= 15 is 0 Å². The molecule has 0 unspecified atom stereocenters. The monoisotopic (exact) mass is 369 g/mol. The van der Waals surface area contributed by atoms with Crippen molar-refractivity contribution in [2.75, 3.05) is 19.0 Å². The van der Waals surface area contributed by atoms with Gasteiger partial charge in [0.2, 0.25) is 0 Å². The summed E-state index contributed by atoms with van der Waals surface area (Å²) in [5.41, 5.74) is 2.07. The summed E-state index contributed by atoms with van der Waals surface area (Å²) in [6, 6.07) is 5.96. The van der Waals surface area contributed by atoms with Crippen LogP contribution in [0.2, 0.25) is 0 Å². The number of rotatable bonds is 4. The third-order valence-electron chi connectivity index (χ3n) is 2.74. The van der Waals surface area contributed by atoms with Crippen molar-refractivity contribution in [2.24, 2.45) is 0 Å².